The zero-order valence-electron chi connectivity index (χ0n) is 16.0. The molecule has 0 radical (unpaired) electrons. The minimum Gasteiger partial charge on any atom is -0.452 e. The van der Waals surface area contributed by atoms with Gasteiger partial charge in [0.1, 0.15) is 0 Å². The molecule has 1 aliphatic heterocycles. The van der Waals surface area contributed by atoms with Crippen molar-refractivity contribution in [1.82, 2.24) is 0 Å². The van der Waals surface area contributed by atoms with Crippen molar-refractivity contribution in [3.8, 4) is 11.5 Å². The highest BCUT2D eigenvalue weighted by Crippen LogP contribution is 2.52. The van der Waals surface area contributed by atoms with Gasteiger partial charge in [-0.05, 0) is 30.2 Å². The van der Waals surface area contributed by atoms with Crippen molar-refractivity contribution in [3.63, 3.8) is 0 Å². The molecular formula is C22H17N3O5. The number of benzene rings is 3. The number of nitro groups is 2. The lowest BCUT2D eigenvalue weighted by Gasteiger charge is -2.31. The number of nitrogens with zero attached hydrogens (tertiary/aromatic N) is 3. The van der Waals surface area contributed by atoms with E-state index in [2.05, 4.69) is 0 Å². The summed E-state index contributed by atoms with van der Waals surface area (Å²) in [5, 5.41) is 23.0. The maximum Gasteiger partial charge on any atom is 0.303 e. The second kappa shape index (κ2) is 7.67. The Labute approximate surface area is 171 Å². The molecule has 1 heterocycles. The van der Waals surface area contributed by atoms with Crippen molar-refractivity contribution >= 4 is 28.8 Å². The number of ether oxygens (including phenoxy) is 1. The van der Waals surface area contributed by atoms with Gasteiger partial charge in [0, 0.05) is 6.54 Å². The Morgan fingerprint density at radius 3 is 2.43 bits per heavy atom. The van der Waals surface area contributed by atoms with E-state index >= 15 is 0 Å². The molecule has 8 heteroatoms. The van der Waals surface area contributed by atoms with Gasteiger partial charge in [-0.1, -0.05) is 48.6 Å². The summed E-state index contributed by atoms with van der Waals surface area (Å²) in [6, 6.07) is 17.3. The topological polar surface area (TPSA) is 98.8 Å². The van der Waals surface area contributed by atoms with E-state index < -0.39 is 15.5 Å². The highest BCUT2D eigenvalue weighted by atomic mass is 16.6. The van der Waals surface area contributed by atoms with Crippen LogP contribution >= 0.6 is 0 Å². The van der Waals surface area contributed by atoms with Gasteiger partial charge in [0.2, 0.25) is 0 Å². The van der Waals surface area contributed by atoms with Crippen molar-refractivity contribution < 1.29 is 14.6 Å². The molecule has 0 fully saturated rings. The molecule has 30 heavy (non-hydrogen) atoms. The minimum atomic E-state index is -0.666. The molecule has 0 unspecified atom stereocenters. The fourth-order valence-electron chi connectivity index (χ4n) is 3.38. The molecular weight excluding hydrogens is 386 g/mol. The molecule has 1 aliphatic rings. The van der Waals surface area contributed by atoms with Crippen LogP contribution in [0.3, 0.4) is 0 Å². The van der Waals surface area contributed by atoms with Gasteiger partial charge in [0.15, 0.2) is 17.2 Å². The van der Waals surface area contributed by atoms with Crippen molar-refractivity contribution in [2.24, 2.45) is 0 Å². The monoisotopic (exact) mass is 403 g/mol. The van der Waals surface area contributed by atoms with Crippen molar-refractivity contribution in [3.05, 3.63) is 98.1 Å². The van der Waals surface area contributed by atoms with Gasteiger partial charge in [0.25, 0.3) is 5.69 Å². The summed E-state index contributed by atoms with van der Waals surface area (Å²) < 4.78 is 5.83. The van der Waals surface area contributed by atoms with E-state index in [-0.39, 0.29) is 17.1 Å². The van der Waals surface area contributed by atoms with Crippen molar-refractivity contribution in [2.75, 3.05) is 11.4 Å². The third-order valence-electron chi connectivity index (χ3n) is 4.74. The molecule has 0 saturated heterocycles. The first-order valence-corrected chi connectivity index (χ1v) is 9.18. The minimum absolute atomic E-state index is 0.0837. The van der Waals surface area contributed by atoms with Gasteiger partial charge in [0.05, 0.1) is 27.7 Å². The van der Waals surface area contributed by atoms with Crippen LogP contribution in [0.25, 0.3) is 6.08 Å². The van der Waals surface area contributed by atoms with E-state index in [4.69, 9.17) is 4.74 Å². The summed E-state index contributed by atoms with van der Waals surface area (Å²) in [7, 11) is 0. The Bertz CT molecular complexity index is 1170. The summed E-state index contributed by atoms with van der Waals surface area (Å²) in [5.74, 6) is 0.566. The zero-order chi connectivity index (χ0) is 21.3. The number of anilines is 2. The van der Waals surface area contributed by atoms with Crippen LogP contribution in [0.5, 0.6) is 11.5 Å². The first-order valence-electron chi connectivity index (χ1n) is 9.18. The standard InChI is InChI=1S/C22H17N3O5/c1-15-9-10-20-18(12-15)23(11-5-8-16-6-3-2-4-7-16)22-19(25(28)29)13-17(24(26)27)14-21(22)30-20/h2-10,12-14H,11H2,1H3. The van der Waals surface area contributed by atoms with E-state index in [0.29, 0.717) is 18.0 Å². The SMILES string of the molecule is Cc1ccc2c(c1)N(CC=Cc1ccccc1)c1c(cc([N+](=O)[O-])cc1[N+](=O)[O-])O2. The molecule has 0 N–H and O–H groups in total. The van der Waals surface area contributed by atoms with Crippen LogP contribution < -0.4 is 9.64 Å². The highest BCUT2D eigenvalue weighted by Gasteiger charge is 2.34. The average Bonchev–Trinajstić information content (AvgIpc) is 2.73. The van der Waals surface area contributed by atoms with E-state index in [1.807, 2.05) is 61.5 Å². The normalized spacial score (nSPS) is 12.2. The Morgan fingerprint density at radius 1 is 0.967 bits per heavy atom. The summed E-state index contributed by atoms with van der Waals surface area (Å²) in [6.45, 7) is 2.23. The molecule has 0 aromatic heterocycles. The van der Waals surface area contributed by atoms with Crippen LogP contribution in [0.15, 0.2) is 66.7 Å². The Morgan fingerprint density at radius 2 is 1.73 bits per heavy atom. The lowest BCUT2D eigenvalue weighted by atomic mass is 10.1. The third-order valence-corrected chi connectivity index (χ3v) is 4.74. The molecule has 3 aromatic carbocycles. The predicted molar refractivity (Wildman–Crippen MR) is 113 cm³/mol. The second-order valence-electron chi connectivity index (χ2n) is 6.82. The number of fused-ring (bicyclic) bond motifs is 2. The number of hydrogen-bond acceptors (Lipinski definition) is 6. The molecule has 4 rings (SSSR count). The number of aryl methyl sites for hydroxylation is 1. The summed E-state index contributed by atoms with van der Waals surface area (Å²) in [4.78, 5) is 23.5. The molecule has 0 amide bonds. The van der Waals surface area contributed by atoms with E-state index in [0.717, 1.165) is 17.2 Å². The van der Waals surface area contributed by atoms with Crippen LogP contribution in [-0.2, 0) is 0 Å². The lowest BCUT2D eigenvalue weighted by Crippen LogP contribution is -2.22. The van der Waals surface area contributed by atoms with Gasteiger partial charge >= 0.3 is 5.69 Å². The quantitative estimate of drug-likeness (QED) is 0.396. The van der Waals surface area contributed by atoms with Crippen LogP contribution in [0, 0.1) is 27.2 Å². The van der Waals surface area contributed by atoms with E-state index in [9.17, 15) is 20.2 Å². The molecule has 0 spiro atoms. The lowest BCUT2D eigenvalue weighted by molar-refractivity contribution is -0.393. The van der Waals surface area contributed by atoms with Gasteiger partial charge < -0.3 is 9.64 Å². The Hall–Kier alpha value is -4.20. The predicted octanol–water partition coefficient (Wildman–Crippen LogP) is 5.77. The fourth-order valence-corrected chi connectivity index (χ4v) is 3.38. The van der Waals surface area contributed by atoms with Gasteiger partial charge in [-0.25, -0.2) is 0 Å². The second-order valence-corrected chi connectivity index (χ2v) is 6.82. The fraction of sp³-hybridized carbons (Fsp3) is 0.0909. The van der Waals surface area contributed by atoms with Crippen LogP contribution in [0.4, 0.5) is 22.7 Å². The van der Waals surface area contributed by atoms with Crippen LogP contribution in [0.1, 0.15) is 11.1 Å². The number of hydrogen-bond donors (Lipinski definition) is 0. The first kappa shape index (κ1) is 19.1. The first-order chi connectivity index (χ1) is 14.4. The maximum atomic E-state index is 11.8. The van der Waals surface area contributed by atoms with Gasteiger partial charge in [-0.3, -0.25) is 20.2 Å². The number of nitro benzene ring substituents is 2. The summed E-state index contributed by atoms with van der Waals surface area (Å²) in [5.41, 5.74) is 2.05. The summed E-state index contributed by atoms with van der Waals surface area (Å²) >= 11 is 0. The number of rotatable bonds is 5. The average molecular weight is 403 g/mol. The third kappa shape index (κ3) is 3.58. The van der Waals surface area contributed by atoms with Crippen molar-refractivity contribution in [1.29, 1.82) is 0 Å². The molecule has 0 bridgehead atoms. The van der Waals surface area contributed by atoms with Crippen LogP contribution in [0.2, 0.25) is 0 Å². The Balaban J connectivity index is 1.84. The molecule has 8 nitrogen and oxygen atoms in total. The summed E-state index contributed by atoms with van der Waals surface area (Å²) in [6.07, 6.45) is 3.81. The molecule has 0 atom stereocenters. The highest BCUT2D eigenvalue weighted by molar-refractivity contribution is 5.86. The molecule has 3 aromatic rings. The largest absolute Gasteiger partial charge is 0.452 e. The van der Waals surface area contributed by atoms with E-state index in [1.165, 1.54) is 6.07 Å². The van der Waals surface area contributed by atoms with Crippen molar-refractivity contribution in [2.45, 2.75) is 6.92 Å². The van der Waals surface area contributed by atoms with Crippen LogP contribution in [-0.4, -0.2) is 16.4 Å². The zero-order valence-corrected chi connectivity index (χ0v) is 16.0. The van der Waals surface area contributed by atoms with Gasteiger partial charge in [-0.15, -0.1) is 0 Å². The maximum absolute atomic E-state index is 11.8. The van der Waals surface area contributed by atoms with Gasteiger partial charge in [-0.2, -0.15) is 0 Å². The van der Waals surface area contributed by atoms with E-state index in [1.54, 1.807) is 11.0 Å². The molecule has 0 saturated carbocycles. The molecule has 0 aliphatic carbocycles. The smallest absolute Gasteiger partial charge is 0.303 e. The molecule has 150 valence electrons. The number of non-ortho nitro benzene ring substituents is 1. The Kier molecular flexibility index (Phi) is 4.89.